The summed E-state index contributed by atoms with van der Waals surface area (Å²) >= 11 is 0. The van der Waals surface area contributed by atoms with Gasteiger partial charge in [-0.1, -0.05) is 17.7 Å². The van der Waals surface area contributed by atoms with Crippen LogP contribution in [0.5, 0.6) is 0 Å². The number of carbonyl (C=O) groups excluding carboxylic acids is 1. The summed E-state index contributed by atoms with van der Waals surface area (Å²) in [5, 5.41) is 4.32. The maximum absolute atomic E-state index is 13.3. The third-order valence-corrected chi connectivity index (χ3v) is 8.25. The van der Waals surface area contributed by atoms with Crippen LogP contribution in [0.3, 0.4) is 0 Å². The smallest absolute Gasteiger partial charge is 0.269 e. The van der Waals surface area contributed by atoms with Crippen molar-refractivity contribution >= 4 is 37.9 Å². The molecule has 1 N–H and O–H groups in total. The zero-order valence-corrected chi connectivity index (χ0v) is 17.8. The number of pyridine rings is 1. The highest BCUT2D eigenvalue weighted by molar-refractivity contribution is 7.90. The molecule has 2 bridgehead atoms. The number of aryl methyl sites for hydroxylation is 1. The molecule has 1 aromatic carbocycles. The van der Waals surface area contributed by atoms with E-state index in [0.717, 1.165) is 23.9 Å². The molecule has 4 aromatic rings. The zero-order valence-electron chi connectivity index (χ0n) is 16.9. The van der Waals surface area contributed by atoms with Crippen LogP contribution in [0.4, 0.5) is 0 Å². The summed E-state index contributed by atoms with van der Waals surface area (Å²) in [6, 6.07) is 8.72. The second-order valence-electron chi connectivity index (χ2n) is 8.60. The quantitative estimate of drug-likeness (QED) is 0.531. The Bertz CT molecular complexity index is 1470. The first-order valence-corrected chi connectivity index (χ1v) is 11.8. The zero-order chi connectivity index (χ0) is 21.4. The van der Waals surface area contributed by atoms with Gasteiger partial charge < -0.3 is 4.57 Å². The van der Waals surface area contributed by atoms with Gasteiger partial charge in [0.05, 0.1) is 22.9 Å². The van der Waals surface area contributed by atoms with E-state index >= 15 is 0 Å². The Balaban J connectivity index is 1.56. The van der Waals surface area contributed by atoms with Gasteiger partial charge in [0, 0.05) is 30.5 Å². The number of nitrogens with zero attached hydrogens (tertiary/aromatic N) is 4. The van der Waals surface area contributed by atoms with Crippen molar-refractivity contribution in [2.45, 2.75) is 49.2 Å². The number of aromatic nitrogens is 4. The molecule has 158 valence electrons. The van der Waals surface area contributed by atoms with E-state index < -0.39 is 15.7 Å². The van der Waals surface area contributed by atoms with Gasteiger partial charge in [-0.2, -0.15) is 0 Å². The summed E-state index contributed by atoms with van der Waals surface area (Å²) in [6.45, 7) is 1.91. The van der Waals surface area contributed by atoms with Crippen LogP contribution in [0.15, 0.2) is 53.9 Å². The number of imidazole rings is 1. The number of carbonyl (C=O) groups is 1. The van der Waals surface area contributed by atoms with E-state index in [-0.39, 0.29) is 16.7 Å². The van der Waals surface area contributed by atoms with E-state index in [9.17, 15) is 13.2 Å². The fraction of sp³-hybridized carbons (Fsp3) is 0.318. The number of benzene rings is 1. The van der Waals surface area contributed by atoms with E-state index in [0.29, 0.717) is 29.4 Å². The molecular formula is C22H21N5O3S. The monoisotopic (exact) mass is 435 g/mol. The van der Waals surface area contributed by atoms with Crippen LogP contribution in [-0.2, 0) is 20.5 Å². The summed E-state index contributed by atoms with van der Waals surface area (Å²) < 4.78 is 29.8. The molecule has 2 fully saturated rings. The minimum absolute atomic E-state index is 0.183. The molecule has 2 aliphatic rings. The topological polar surface area (TPSA) is 98.9 Å². The Morgan fingerprint density at radius 1 is 1.16 bits per heavy atom. The molecule has 0 spiro atoms. The van der Waals surface area contributed by atoms with Crippen LogP contribution in [0.2, 0.25) is 0 Å². The van der Waals surface area contributed by atoms with Gasteiger partial charge in [-0.3, -0.25) is 10.1 Å². The Morgan fingerprint density at radius 3 is 2.77 bits per heavy atom. The minimum Gasteiger partial charge on any atom is -0.310 e. The Labute approximate surface area is 179 Å². The average molecular weight is 436 g/mol. The number of rotatable bonds is 3. The molecule has 2 unspecified atom stereocenters. The molecule has 5 heterocycles. The number of ketones is 1. The number of hydrogen-bond donors (Lipinski definition) is 1. The number of fused-ring (bicyclic) bond motifs is 5. The van der Waals surface area contributed by atoms with E-state index in [1.165, 1.54) is 10.2 Å². The van der Waals surface area contributed by atoms with Gasteiger partial charge >= 0.3 is 0 Å². The van der Waals surface area contributed by atoms with E-state index in [1.807, 2.05) is 11.5 Å². The minimum atomic E-state index is -3.80. The van der Waals surface area contributed by atoms with Crippen molar-refractivity contribution in [2.24, 2.45) is 0 Å². The molecule has 0 aliphatic carbocycles. The fourth-order valence-corrected chi connectivity index (χ4v) is 6.39. The van der Waals surface area contributed by atoms with Crippen LogP contribution in [0.1, 0.15) is 31.2 Å². The first-order chi connectivity index (χ1) is 14.9. The summed E-state index contributed by atoms with van der Waals surface area (Å²) in [7, 11) is -3.80. The second kappa shape index (κ2) is 6.24. The van der Waals surface area contributed by atoms with Crippen molar-refractivity contribution in [3.8, 4) is 0 Å². The van der Waals surface area contributed by atoms with Crippen LogP contribution in [-0.4, -0.2) is 38.8 Å². The van der Waals surface area contributed by atoms with E-state index in [2.05, 4.69) is 15.3 Å². The van der Waals surface area contributed by atoms with Crippen molar-refractivity contribution < 1.29 is 13.2 Å². The third-order valence-electron chi connectivity index (χ3n) is 6.57. The van der Waals surface area contributed by atoms with Crippen molar-refractivity contribution in [1.82, 2.24) is 23.8 Å². The molecule has 3 aromatic heterocycles. The SMILES string of the molecule is Cc1ccc(S(=O)(=O)n2ccc3c4c(cnc32)ncn4C23CCC(CC(=O)C2)N3)cc1. The van der Waals surface area contributed by atoms with Crippen molar-refractivity contribution in [3.63, 3.8) is 0 Å². The molecule has 31 heavy (non-hydrogen) atoms. The number of piperidine rings is 1. The molecule has 0 amide bonds. The highest BCUT2D eigenvalue weighted by Gasteiger charge is 2.47. The highest BCUT2D eigenvalue weighted by Crippen LogP contribution is 2.40. The lowest BCUT2D eigenvalue weighted by molar-refractivity contribution is -0.123. The van der Waals surface area contributed by atoms with Gasteiger partial charge in [-0.05, 0) is 38.0 Å². The normalized spacial score (nSPS) is 23.8. The van der Waals surface area contributed by atoms with Gasteiger partial charge in [0.2, 0.25) is 0 Å². The molecule has 0 radical (unpaired) electrons. The van der Waals surface area contributed by atoms with Crippen LogP contribution in [0, 0.1) is 6.92 Å². The van der Waals surface area contributed by atoms with Gasteiger partial charge in [0.25, 0.3) is 10.0 Å². The summed E-state index contributed by atoms with van der Waals surface area (Å²) in [4.78, 5) is 21.5. The van der Waals surface area contributed by atoms with Gasteiger partial charge in [0.1, 0.15) is 17.0 Å². The second-order valence-corrected chi connectivity index (χ2v) is 10.4. The van der Waals surface area contributed by atoms with Crippen molar-refractivity contribution in [3.05, 3.63) is 54.6 Å². The predicted octanol–water partition coefficient (Wildman–Crippen LogP) is 2.70. The predicted molar refractivity (Wildman–Crippen MR) is 115 cm³/mol. The van der Waals surface area contributed by atoms with Crippen LogP contribution < -0.4 is 5.32 Å². The largest absolute Gasteiger partial charge is 0.310 e. The number of hydrogen-bond acceptors (Lipinski definition) is 6. The first-order valence-electron chi connectivity index (χ1n) is 10.3. The lowest BCUT2D eigenvalue weighted by Crippen LogP contribution is -2.51. The molecule has 6 rings (SSSR count). The standard InChI is InChI=1S/C22H21N5O3S/c1-14-2-4-17(5-3-14)31(29,30)27-9-7-18-20-19(12-23-21(18)27)24-13-26(20)22-8-6-15(25-22)10-16(28)11-22/h2-5,7,9,12-13,15,25H,6,8,10-11H2,1H3. The lowest BCUT2D eigenvalue weighted by atomic mass is 9.98. The molecular weight excluding hydrogens is 414 g/mol. The summed E-state index contributed by atoms with van der Waals surface area (Å²) in [5.41, 5.74) is 2.30. The van der Waals surface area contributed by atoms with Crippen molar-refractivity contribution in [2.75, 3.05) is 0 Å². The number of Topliss-reactive ketones (excluding diaryl/α,β-unsaturated/α-hetero) is 1. The summed E-state index contributed by atoms with van der Waals surface area (Å²) in [5.74, 6) is 0.243. The highest BCUT2D eigenvalue weighted by atomic mass is 32.2. The first kappa shape index (κ1) is 18.7. The van der Waals surface area contributed by atoms with E-state index in [1.54, 1.807) is 42.9 Å². The van der Waals surface area contributed by atoms with Gasteiger partial charge in [-0.25, -0.2) is 22.4 Å². The van der Waals surface area contributed by atoms with Crippen molar-refractivity contribution in [1.29, 1.82) is 0 Å². The molecule has 2 aliphatic heterocycles. The average Bonchev–Trinajstić information content (AvgIpc) is 3.43. The lowest BCUT2D eigenvalue weighted by Gasteiger charge is -2.35. The Kier molecular flexibility index (Phi) is 3.77. The van der Waals surface area contributed by atoms with Gasteiger partial charge in [0.15, 0.2) is 5.65 Å². The number of nitrogens with one attached hydrogen (secondary N) is 1. The van der Waals surface area contributed by atoms with Gasteiger partial charge in [-0.15, -0.1) is 0 Å². The fourth-order valence-electron chi connectivity index (χ4n) is 5.08. The Morgan fingerprint density at radius 2 is 1.97 bits per heavy atom. The summed E-state index contributed by atoms with van der Waals surface area (Å²) in [6.07, 6.45) is 7.62. The Hall–Kier alpha value is -3.04. The molecule has 0 saturated carbocycles. The molecule has 2 saturated heterocycles. The molecule has 8 nitrogen and oxygen atoms in total. The maximum Gasteiger partial charge on any atom is 0.269 e. The van der Waals surface area contributed by atoms with Crippen LogP contribution in [0.25, 0.3) is 22.1 Å². The third kappa shape index (κ3) is 2.63. The van der Waals surface area contributed by atoms with E-state index in [4.69, 9.17) is 0 Å². The van der Waals surface area contributed by atoms with Crippen LogP contribution >= 0.6 is 0 Å². The maximum atomic E-state index is 13.3. The molecule has 9 heteroatoms. The molecule has 2 atom stereocenters.